The molecule has 12 heteroatoms. The van der Waals surface area contributed by atoms with Crippen LogP contribution in [-0.2, 0) is 82.9 Å². The average molecular weight is 1400 g/mol. The molecule has 4 aromatic heterocycles. The minimum absolute atomic E-state index is 0. The van der Waals surface area contributed by atoms with Crippen LogP contribution in [0.5, 0.6) is 23.0 Å². The van der Waals surface area contributed by atoms with Gasteiger partial charge in [0.1, 0.15) is 11.5 Å². The van der Waals surface area contributed by atoms with Crippen LogP contribution >= 0.6 is 0 Å². The number of carboxylic acids is 2. The summed E-state index contributed by atoms with van der Waals surface area (Å²) in [5.74, 6) is 13.2. The monoisotopic (exact) mass is 1400 g/mol. The van der Waals surface area contributed by atoms with Gasteiger partial charge in [-0.1, -0.05) is 173 Å². The van der Waals surface area contributed by atoms with Gasteiger partial charge >= 0.3 is 20.4 Å². The molecule has 4 aromatic carbocycles. The van der Waals surface area contributed by atoms with E-state index < -0.39 is 11.9 Å². The molecule has 0 atom stereocenters. The fraction of sp³-hybridized carbons (Fsp3) is 0.342. The maximum atomic E-state index is 9.00. The SMILES string of the molecule is C#CC#CC#CC.CC(=O)O.CC(=O)O.CC(C)(C)c1cc(Oc2[c-]c(-c3cc(C(C)(C)C)ccn3)ccc2)[c-]c(-c2cc(C(C)(C)C)ccn2)c1.CC(C)(C)c1cc(Oc2cccc(-c3cc(C(C)(C)C)ccn3)c2)cc(-c2cc(C(C)(C)C)ccn2)c1.[Pd+2].[Pd]. The van der Waals surface area contributed by atoms with Gasteiger partial charge in [-0.25, -0.2) is 0 Å². The quantitative estimate of drug-likeness (QED) is 0.0857. The van der Waals surface area contributed by atoms with Gasteiger partial charge in [0.2, 0.25) is 0 Å². The smallest absolute Gasteiger partial charge is 0.497 e. The first-order chi connectivity index (χ1) is 41.3. The van der Waals surface area contributed by atoms with Gasteiger partial charge in [-0.05, 0) is 169 Å². The first kappa shape index (κ1) is 79.1. The van der Waals surface area contributed by atoms with Gasteiger partial charge in [-0.3, -0.25) is 19.6 Å². The Morgan fingerprint density at radius 2 is 0.802 bits per heavy atom. The molecule has 2 N–H and O–H groups in total. The molecular weight excluding hydrogens is 1310 g/mol. The van der Waals surface area contributed by atoms with Gasteiger partial charge in [-0.15, -0.1) is 47.4 Å². The van der Waals surface area contributed by atoms with Crippen molar-refractivity contribution in [2.75, 3.05) is 0 Å². The number of hydrogen-bond acceptors (Lipinski definition) is 8. The fourth-order valence-electron chi connectivity index (χ4n) is 8.37. The van der Waals surface area contributed by atoms with Crippen molar-refractivity contribution in [2.45, 2.75) is 178 Å². The standard InChI is InChI=1S/C34H40N2O.C34H38N2O.C7H4.2C2H4O2.2Pd/c2*1-32(2,3)25-13-15-35-30(21-25)23-11-10-12-28(18-23)37-29-19-24(17-27(20-29)34(7,8)9)31-22-26(14-16-36-31)33(4,5)6;1-3-5-7-6-4-2;2*1-2(3)4;;/h10-22H,1-9H3;10-17,20-22H,1-9H3;1H,2H3;2*1H3,(H,3,4);;/q;-2;;;;;+2. The third-order valence-corrected chi connectivity index (χ3v) is 13.5. The molecule has 482 valence electrons. The number of benzene rings is 4. The predicted molar refractivity (Wildman–Crippen MR) is 365 cm³/mol. The van der Waals surface area contributed by atoms with E-state index in [1.54, 1.807) is 6.92 Å². The van der Waals surface area contributed by atoms with Crippen molar-refractivity contribution < 1.29 is 70.1 Å². The Kier molecular flexibility index (Phi) is 30.0. The number of nitrogens with zero attached hydrogens (tertiary/aromatic N) is 4. The minimum Gasteiger partial charge on any atom is -0.497 e. The van der Waals surface area contributed by atoms with Crippen molar-refractivity contribution in [3.8, 4) is 104 Å². The average Bonchev–Trinajstić information content (AvgIpc) is 1.26. The molecule has 0 saturated heterocycles. The van der Waals surface area contributed by atoms with E-state index in [4.69, 9.17) is 40.7 Å². The summed E-state index contributed by atoms with van der Waals surface area (Å²) in [5.41, 5.74) is 15.1. The van der Waals surface area contributed by atoms with Gasteiger partial charge in [0.25, 0.3) is 11.9 Å². The van der Waals surface area contributed by atoms with Crippen LogP contribution in [0.1, 0.15) is 179 Å². The maximum Gasteiger partial charge on any atom is 2.00 e. The molecule has 10 nitrogen and oxygen atoms in total. The van der Waals surface area contributed by atoms with Crippen LogP contribution in [0.3, 0.4) is 0 Å². The number of terminal acetylenes is 1. The molecule has 8 aromatic rings. The van der Waals surface area contributed by atoms with Crippen LogP contribution < -0.4 is 9.47 Å². The third-order valence-electron chi connectivity index (χ3n) is 13.5. The van der Waals surface area contributed by atoms with Crippen LogP contribution in [0.25, 0.3) is 45.0 Å². The molecule has 0 saturated carbocycles. The Labute approximate surface area is 571 Å². The van der Waals surface area contributed by atoms with Crippen LogP contribution in [0.2, 0.25) is 0 Å². The Morgan fingerprint density at radius 1 is 0.418 bits per heavy atom. The van der Waals surface area contributed by atoms with Gasteiger partial charge in [0.05, 0.1) is 11.4 Å². The summed E-state index contributed by atoms with van der Waals surface area (Å²) in [6.45, 7) is 43.8. The zero-order valence-electron chi connectivity index (χ0n) is 56.9. The summed E-state index contributed by atoms with van der Waals surface area (Å²) < 4.78 is 12.8. The van der Waals surface area contributed by atoms with Crippen LogP contribution in [0.4, 0.5) is 0 Å². The summed E-state index contributed by atoms with van der Waals surface area (Å²) in [6, 6.07) is 48.7. The molecule has 0 bridgehead atoms. The van der Waals surface area contributed by atoms with Crippen molar-refractivity contribution in [2.24, 2.45) is 0 Å². The molecule has 0 unspecified atom stereocenters. The fourth-order valence-corrected chi connectivity index (χ4v) is 8.37. The van der Waals surface area contributed by atoms with Crippen LogP contribution in [-0.4, -0.2) is 42.1 Å². The Hall–Kier alpha value is -7.98. The number of hydrogen-bond donors (Lipinski definition) is 2. The molecule has 0 amide bonds. The Bertz CT molecular complexity index is 3650. The van der Waals surface area contributed by atoms with Crippen LogP contribution in [0.15, 0.2) is 146 Å². The Morgan fingerprint density at radius 3 is 1.24 bits per heavy atom. The largest absolute Gasteiger partial charge is 2.00 e. The zero-order chi connectivity index (χ0) is 66.7. The van der Waals surface area contributed by atoms with E-state index >= 15 is 0 Å². The number of aliphatic carboxylic acids is 2. The van der Waals surface area contributed by atoms with E-state index in [9.17, 15) is 0 Å². The number of pyridine rings is 4. The van der Waals surface area contributed by atoms with Gasteiger partial charge in [-0.2, -0.15) is 0 Å². The van der Waals surface area contributed by atoms with Crippen molar-refractivity contribution in [3.05, 3.63) is 192 Å². The summed E-state index contributed by atoms with van der Waals surface area (Å²) in [5, 5.41) is 14.8. The summed E-state index contributed by atoms with van der Waals surface area (Å²) in [7, 11) is 0. The molecule has 4 heterocycles. The van der Waals surface area contributed by atoms with E-state index in [-0.39, 0.29) is 73.3 Å². The number of aromatic nitrogens is 4. The first-order valence-electron chi connectivity index (χ1n) is 29.6. The van der Waals surface area contributed by atoms with Gasteiger partial charge in [0.15, 0.2) is 0 Å². The van der Waals surface area contributed by atoms with E-state index in [2.05, 4.69) is 272 Å². The molecule has 8 rings (SSSR count). The number of ether oxygens (including phenoxy) is 2. The molecule has 0 radical (unpaired) electrons. The molecule has 91 heavy (non-hydrogen) atoms. The van der Waals surface area contributed by atoms with Crippen molar-refractivity contribution in [3.63, 3.8) is 0 Å². The van der Waals surface area contributed by atoms with Crippen LogP contribution in [0, 0.1) is 48.2 Å². The molecule has 0 aliphatic heterocycles. The number of carboxylic acid groups (broad SMARTS) is 2. The minimum atomic E-state index is -0.833. The second kappa shape index (κ2) is 34.4. The Balaban J connectivity index is 0.000000497. The predicted octanol–water partition coefficient (Wildman–Crippen LogP) is 19.4. The summed E-state index contributed by atoms with van der Waals surface area (Å²) in [4.78, 5) is 36.6. The first-order valence-corrected chi connectivity index (χ1v) is 29.6. The molecule has 0 aliphatic rings. The summed E-state index contributed by atoms with van der Waals surface area (Å²) in [6.07, 6.45) is 12.3. The zero-order valence-corrected chi connectivity index (χ0v) is 60.0. The van der Waals surface area contributed by atoms with E-state index in [1.165, 1.54) is 27.8 Å². The topological polar surface area (TPSA) is 145 Å². The number of rotatable bonds is 8. The van der Waals surface area contributed by atoms with E-state index in [1.807, 2.05) is 55.1 Å². The number of carbonyl (C=O) groups is 2. The third kappa shape index (κ3) is 26.8. The maximum absolute atomic E-state index is 9.00. The summed E-state index contributed by atoms with van der Waals surface area (Å²) >= 11 is 0. The van der Waals surface area contributed by atoms with Crippen molar-refractivity contribution in [1.82, 2.24) is 19.9 Å². The molecule has 0 fully saturated rings. The van der Waals surface area contributed by atoms with Gasteiger partial charge < -0.3 is 29.7 Å². The normalized spacial score (nSPS) is 10.9. The van der Waals surface area contributed by atoms with E-state index in [0.717, 1.165) is 75.9 Å². The second-order valence-electron chi connectivity index (χ2n) is 27.6. The molecule has 0 spiro atoms. The van der Waals surface area contributed by atoms with Crippen molar-refractivity contribution in [1.29, 1.82) is 0 Å². The van der Waals surface area contributed by atoms with Crippen molar-refractivity contribution >= 4 is 11.9 Å². The molecule has 0 aliphatic carbocycles. The molecular formula is C79H90N4O6Pd2. The second-order valence-corrected chi connectivity index (χ2v) is 27.6. The van der Waals surface area contributed by atoms with Gasteiger partial charge in [0, 0.05) is 81.7 Å². The van der Waals surface area contributed by atoms with E-state index in [0.29, 0.717) is 11.5 Å².